The van der Waals surface area contributed by atoms with Crippen molar-refractivity contribution in [2.75, 3.05) is 11.1 Å². The molecule has 0 bridgehead atoms. The quantitative estimate of drug-likeness (QED) is 0.519. The van der Waals surface area contributed by atoms with Gasteiger partial charge in [0.15, 0.2) is 0 Å². The standard InChI is InChI=1S/C19H20N4O3S/c1-2-18(24)23-16-5-3-4-14(12-16)8-11-27(25,26)22-13-15-6-9-20-19-17(15)7-10-21-19/h2-7,9-10,12,22H,1,8,11,13H2,(H,20,21)(H,23,24). The van der Waals surface area contributed by atoms with Crippen molar-refractivity contribution in [3.63, 3.8) is 0 Å². The number of benzene rings is 1. The van der Waals surface area contributed by atoms with Crippen LogP contribution in [0.25, 0.3) is 11.0 Å². The van der Waals surface area contributed by atoms with E-state index in [9.17, 15) is 13.2 Å². The molecule has 0 unspecified atom stereocenters. The first-order valence-electron chi connectivity index (χ1n) is 8.37. The lowest BCUT2D eigenvalue weighted by atomic mass is 10.1. The monoisotopic (exact) mass is 384 g/mol. The number of fused-ring (bicyclic) bond motifs is 1. The van der Waals surface area contributed by atoms with Crippen LogP contribution < -0.4 is 10.0 Å². The zero-order valence-electron chi connectivity index (χ0n) is 14.6. The van der Waals surface area contributed by atoms with E-state index in [-0.39, 0.29) is 18.2 Å². The molecule has 1 aromatic carbocycles. The summed E-state index contributed by atoms with van der Waals surface area (Å²) in [6.45, 7) is 3.61. The summed E-state index contributed by atoms with van der Waals surface area (Å²) < 4.78 is 27.3. The first-order chi connectivity index (χ1) is 13.0. The van der Waals surface area contributed by atoms with Gasteiger partial charge in [0, 0.05) is 30.0 Å². The van der Waals surface area contributed by atoms with E-state index in [0.717, 1.165) is 22.2 Å². The third-order valence-corrected chi connectivity index (χ3v) is 5.40. The van der Waals surface area contributed by atoms with Crippen LogP contribution in [0.15, 0.2) is 61.4 Å². The van der Waals surface area contributed by atoms with Gasteiger partial charge >= 0.3 is 0 Å². The second kappa shape index (κ2) is 8.15. The van der Waals surface area contributed by atoms with Crippen molar-refractivity contribution in [1.29, 1.82) is 0 Å². The lowest BCUT2D eigenvalue weighted by Crippen LogP contribution is -2.27. The summed E-state index contributed by atoms with van der Waals surface area (Å²) in [4.78, 5) is 18.6. The van der Waals surface area contributed by atoms with Crippen molar-refractivity contribution in [3.8, 4) is 0 Å². The maximum atomic E-state index is 12.3. The molecule has 140 valence electrons. The van der Waals surface area contributed by atoms with Gasteiger partial charge in [0.25, 0.3) is 0 Å². The molecular formula is C19H20N4O3S. The zero-order chi connectivity index (χ0) is 19.3. The number of rotatable bonds is 8. The number of aromatic amines is 1. The van der Waals surface area contributed by atoms with Gasteiger partial charge in [-0.15, -0.1) is 0 Å². The van der Waals surface area contributed by atoms with Gasteiger partial charge in [-0.3, -0.25) is 4.79 Å². The minimum absolute atomic E-state index is 0.0484. The maximum Gasteiger partial charge on any atom is 0.247 e. The van der Waals surface area contributed by atoms with E-state index in [1.54, 1.807) is 36.7 Å². The molecule has 7 nitrogen and oxygen atoms in total. The van der Waals surface area contributed by atoms with Gasteiger partial charge in [0.1, 0.15) is 5.65 Å². The van der Waals surface area contributed by atoms with Crippen LogP contribution in [0.5, 0.6) is 0 Å². The first-order valence-corrected chi connectivity index (χ1v) is 10.0. The normalized spacial score (nSPS) is 11.4. The molecule has 3 N–H and O–H groups in total. The van der Waals surface area contributed by atoms with Crippen LogP contribution >= 0.6 is 0 Å². The van der Waals surface area contributed by atoms with Crippen molar-refractivity contribution in [3.05, 3.63) is 72.6 Å². The predicted octanol–water partition coefficient (Wildman–Crippen LogP) is 2.35. The van der Waals surface area contributed by atoms with Gasteiger partial charge in [0.05, 0.1) is 5.75 Å². The number of carbonyl (C=O) groups is 1. The molecule has 0 aliphatic rings. The number of carbonyl (C=O) groups excluding carboxylic acids is 1. The molecule has 0 saturated heterocycles. The molecule has 0 radical (unpaired) electrons. The Morgan fingerprint density at radius 2 is 2.11 bits per heavy atom. The first kappa shape index (κ1) is 18.8. The van der Waals surface area contributed by atoms with Gasteiger partial charge in [-0.2, -0.15) is 0 Å². The highest BCUT2D eigenvalue weighted by atomic mass is 32.2. The molecule has 0 spiro atoms. The summed E-state index contributed by atoms with van der Waals surface area (Å²) in [5.41, 5.74) is 3.01. The van der Waals surface area contributed by atoms with Crippen molar-refractivity contribution < 1.29 is 13.2 Å². The molecular weight excluding hydrogens is 364 g/mol. The maximum absolute atomic E-state index is 12.3. The predicted molar refractivity (Wildman–Crippen MR) is 106 cm³/mol. The Balaban J connectivity index is 1.60. The van der Waals surface area contributed by atoms with Crippen molar-refractivity contribution in [2.24, 2.45) is 0 Å². The average Bonchev–Trinajstić information content (AvgIpc) is 3.14. The third-order valence-electron chi connectivity index (χ3n) is 4.07. The molecule has 3 rings (SSSR count). The molecule has 0 atom stereocenters. The second-order valence-corrected chi connectivity index (χ2v) is 7.92. The zero-order valence-corrected chi connectivity index (χ0v) is 15.4. The molecule has 0 fully saturated rings. The summed E-state index contributed by atoms with van der Waals surface area (Å²) in [6, 6.07) is 10.8. The van der Waals surface area contributed by atoms with E-state index < -0.39 is 10.0 Å². The van der Waals surface area contributed by atoms with Gasteiger partial charge in [-0.05, 0) is 47.9 Å². The van der Waals surface area contributed by atoms with E-state index in [1.807, 2.05) is 12.1 Å². The fourth-order valence-corrected chi connectivity index (χ4v) is 3.71. The molecule has 3 aromatic rings. The molecule has 2 aromatic heterocycles. The molecule has 0 aliphatic carbocycles. The molecule has 1 amide bonds. The van der Waals surface area contributed by atoms with Crippen LogP contribution in [0.1, 0.15) is 11.1 Å². The second-order valence-electron chi connectivity index (χ2n) is 5.99. The number of aromatic nitrogens is 2. The lowest BCUT2D eigenvalue weighted by molar-refractivity contribution is -0.111. The Kier molecular flexibility index (Phi) is 5.68. The van der Waals surface area contributed by atoms with Crippen LogP contribution in [0.3, 0.4) is 0 Å². The minimum Gasteiger partial charge on any atom is -0.346 e. The smallest absolute Gasteiger partial charge is 0.247 e. The fraction of sp³-hybridized carbons (Fsp3) is 0.158. The minimum atomic E-state index is -3.45. The molecule has 0 saturated carbocycles. The van der Waals surface area contributed by atoms with Crippen LogP contribution in [0, 0.1) is 0 Å². The Bertz CT molecular complexity index is 1070. The van der Waals surface area contributed by atoms with Crippen molar-refractivity contribution in [1.82, 2.24) is 14.7 Å². The number of hydrogen-bond donors (Lipinski definition) is 3. The summed E-state index contributed by atoms with van der Waals surface area (Å²) in [5, 5.41) is 3.55. The molecule has 0 aliphatic heterocycles. The number of nitrogens with zero attached hydrogens (tertiary/aromatic N) is 1. The summed E-state index contributed by atoms with van der Waals surface area (Å²) >= 11 is 0. The molecule has 27 heavy (non-hydrogen) atoms. The van der Waals surface area contributed by atoms with Crippen molar-refractivity contribution in [2.45, 2.75) is 13.0 Å². The highest BCUT2D eigenvalue weighted by molar-refractivity contribution is 7.89. The highest BCUT2D eigenvalue weighted by Gasteiger charge is 2.12. The summed E-state index contributed by atoms with van der Waals surface area (Å²) in [5.74, 6) is -0.359. The van der Waals surface area contributed by atoms with E-state index >= 15 is 0 Å². The Morgan fingerprint density at radius 1 is 1.26 bits per heavy atom. The lowest BCUT2D eigenvalue weighted by Gasteiger charge is -2.09. The van der Waals surface area contributed by atoms with Crippen molar-refractivity contribution >= 4 is 32.7 Å². The number of aryl methyl sites for hydroxylation is 1. The van der Waals surface area contributed by atoms with Gasteiger partial charge in [0.2, 0.25) is 15.9 Å². The number of H-pyrrole nitrogens is 1. The third kappa shape index (κ3) is 5.02. The van der Waals surface area contributed by atoms with E-state index in [4.69, 9.17) is 0 Å². The molecule has 8 heteroatoms. The van der Waals surface area contributed by atoms with Crippen LogP contribution in [-0.4, -0.2) is 30.0 Å². The highest BCUT2D eigenvalue weighted by Crippen LogP contribution is 2.15. The number of hydrogen-bond acceptors (Lipinski definition) is 4. The van der Waals surface area contributed by atoms with Gasteiger partial charge in [-0.1, -0.05) is 18.7 Å². The SMILES string of the molecule is C=CC(=O)Nc1cccc(CCS(=O)(=O)NCc2ccnc3[nH]ccc23)c1. The number of amides is 1. The van der Waals surface area contributed by atoms with Gasteiger partial charge < -0.3 is 10.3 Å². The van der Waals surface area contributed by atoms with E-state index in [1.165, 1.54) is 6.08 Å². The number of pyridine rings is 1. The summed E-state index contributed by atoms with van der Waals surface area (Å²) in [6.07, 6.45) is 4.93. The average molecular weight is 384 g/mol. The fourth-order valence-electron chi connectivity index (χ4n) is 2.68. The van der Waals surface area contributed by atoms with E-state index in [0.29, 0.717) is 12.1 Å². The summed E-state index contributed by atoms with van der Waals surface area (Å²) in [7, 11) is -3.45. The number of anilines is 1. The van der Waals surface area contributed by atoms with Crippen LogP contribution in [-0.2, 0) is 27.8 Å². The Hall–Kier alpha value is -2.97. The van der Waals surface area contributed by atoms with Crippen LogP contribution in [0.4, 0.5) is 5.69 Å². The van der Waals surface area contributed by atoms with Gasteiger partial charge in [-0.25, -0.2) is 18.1 Å². The largest absolute Gasteiger partial charge is 0.346 e. The van der Waals surface area contributed by atoms with E-state index in [2.05, 4.69) is 26.6 Å². The number of sulfonamides is 1. The Labute approximate surface area is 157 Å². The Morgan fingerprint density at radius 3 is 2.93 bits per heavy atom. The molecule has 2 heterocycles. The number of nitrogens with one attached hydrogen (secondary N) is 3. The van der Waals surface area contributed by atoms with Crippen LogP contribution in [0.2, 0.25) is 0 Å². The topological polar surface area (TPSA) is 104 Å².